The zero-order chi connectivity index (χ0) is 15.5. The summed E-state index contributed by atoms with van der Waals surface area (Å²) < 4.78 is 40.4. The molecular weight excluding hydrogens is 359 g/mol. The minimum atomic E-state index is -3.63. The molecule has 0 fully saturated rings. The van der Waals surface area contributed by atoms with Gasteiger partial charge in [0, 0.05) is 22.9 Å². The van der Waals surface area contributed by atoms with Gasteiger partial charge in [-0.3, -0.25) is 4.98 Å². The van der Waals surface area contributed by atoms with E-state index in [4.69, 9.17) is 0 Å². The molecule has 0 aliphatic carbocycles. The van der Waals surface area contributed by atoms with Crippen LogP contribution in [0.3, 0.4) is 0 Å². The van der Waals surface area contributed by atoms with Crippen molar-refractivity contribution in [1.29, 1.82) is 0 Å². The van der Waals surface area contributed by atoms with Gasteiger partial charge in [0.2, 0.25) is 10.0 Å². The van der Waals surface area contributed by atoms with Gasteiger partial charge < -0.3 is 0 Å². The van der Waals surface area contributed by atoms with E-state index >= 15 is 0 Å². The molecule has 0 spiro atoms. The number of pyridine rings is 1. The monoisotopic (exact) mass is 372 g/mol. The van der Waals surface area contributed by atoms with E-state index in [1.54, 1.807) is 19.1 Å². The lowest BCUT2D eigenvalue weighted by atomic mass is 10.1. The summed E-state index contributed by atoms with van der Waals surface area (Å²) in [5.41, 5.74) is 0.860. The molecule has 1 atom stereocenters. The molecule has 1 aromatic carbocycles. The van der Waals surface area contributed by atoms with Crippen LogP contribution < -0.4 is 4.72 Å². The molecule has 0 saturated heterocycles. The first-order chi connectivity index (χ1) is 9.87. The molecule has 0 aliphatic heterocycles. The maximum Gasteiger partial charge on any atom is 0.242 e. The third-order valence-corrected chi connectivity index (χ3v) is 4.79. The zero-order valence-corrected chi connectivity index (χ0v) is 13.7. The maximum atomic E-state index is 12.8. The molecule has 1 heterocycles. The molecule has 1 unspecified atom stereocenters. The van der Waals surface area contributed by atoms with Crippen LogP contribution in [0, 0.1) is 5.82 Å². The van der Waals surface area contributed by atoms with Crippen LogP contribution in [-0.2, 0) is 16.4 Å². The van der Waals surface area contributed by atoms with E-state index in [1.807, 2.05) is 0 Å². The lowest BCUT2D eigenvalue weighted by molar-refractivity contribution is 0.559. The van der Waals surface area contributed by atoms with Crippen molar-refractivity contribution in [3.8, 4) is 0 Å². The summed E-state index contributed by atoms with van der Waals surface area (Å²) in [6.45, 7) is 1.76. The Kier molecular flexibility index (Phi) is 5.08. The van der Waals surface area contributed by atoms with Crippen molar-refractivity contribution in [2.45, 2.75) is 24.3 Å². The number of rotatable bonds is 5. The van der Waals surface area contributed by atoms with Gasteiger partial charge in [-0.1, -0.05) is 12.1 Å². The van der Waals surface area contributed by atoms with Crippen LogP contribution >= 0.6 is 15.9 Å². The molecular formula is C14H14BrFN2O2S. The standard InChI is InChI=1S/C14H14BrFN2O2S/c1-10(6-11-2-4-13(16)5-3-11)18-21(19,20)14-7-12(15)8-17-9-14/h2-5,7-10,18H,6H2,1H3. The molecule has 1 aromatic heterocycles. The minimum Gasteiger partial charge on any atom is -0.262 e. The van der Waals surface area contributed by atoms with Crippen LogP contribution in [-0.4, -0.2) is 19.4 Å². The van der Waals surface area contributed by atoms with Crippen molar-refractivity contribution in [2.75, 3.05) is 0 Å². The van der Waals surface area contributed by atoms with Crippen LogP contribution in [0.5, 0.6) is 0 Å². The summed E-state index contributed by atoms with van der Waals surface area (Å²) in [4.78, 5) is 3.94. The molecule has 0 aliphatic rings. The fraction of sp³-hybridized carbons (Fsp3) is 0.214. The zero-order valence-electron chi connectivity index (χ0n) is 11.3. The van der Waals surface area contributed by atoms with Crippen LogP contribution in [0.1, 0.15) is 12.5 Å². The Morgan fingerprint density at radius 2 is 1.95 bits per heavy atom. The molecule has 0 radical (unpaired) electrons. The number of benzene rings is 1. The second-order valence-electron chi connectivity index (χ2n) is 4.69. The predicted octanol–water partition coefficient (Wildman–Crippen LogP) is 2.89. The maximum absolute atomic E-state index is 12.8. The summed E-state index contributed by atoms with van der Waals surface area (Å²) >= 11 is 3.19. The average Bonchev–Trinajstić information content (AvgIpc) is 2.41. The smallest absolute Gasteiger partial charge is 0.242 e. The van der Waals surface area contributed by atoms with Crippen molar-refractivity contribution in [3.63, 3.8) is 0 Å². The Morgan fingerprint density at radius 1 is 1.29 bits per heavy atom. The topological polar surface area (TPSA) is 59.1 Å². The van der Waals surface area contributed by atoms with Crippen molar-refractivity contribution in [2.24, 2.45) is 0 Å². The SMILES string of the molecule is CC(Cc1ccc(F)cc1)NS(=O)(=O)c1cncc(Br)c1. The van der Waals surface area contributed by atoms with E-state index in [9.17, 15) is 12.8 Å². The van der Waals surface area contributed by atoms with E-state index in [-0.39, 0.29) is 16.8 Å². The predicted molar refractivity (Wildman–Crippen MR) is 81.8 cm³/mol. The first kappa shape index (κ1) is 16.1. The van der Waals surface area contributed by atoms with Crippen LogP contribution in [0.4, 0.5) is 4.39 Å². The highest BCUT2D eigenvalue weighted by Crippen LogP contribution is 2.15. The van der Waals surface area contributed by atoms with Crippen LogP contribution in [0.15, 0.2) is 52.1 Å². The largest absolute Gasteiger partial charge is 0.262 e. The van der Waals surface area contributed by atoms with E-state index in [2.05, 4.69) is 25.6 Å². The molecule has 0 amide bonds. The fourth-order valence-electron chi connectivity index (χ4n) is 1.89. The Bertz CT molecular complexity index is 720. The molecule has 0 saturated carbocycles. The van der Waals surface area contributed by atoms with Gasteiger partial charge in [0.05, 0.1) is 0 Å². The van der Waals surface area contributed by atoms with Gasteiger partial charge in [-0.05, 0) is 53.0 Å². The first-order valence-electron chi connectivity index (χ1n) is 6.24. The number of sulfonamides is 1. The highest BCUT2D eigenvalue weighted by molar-refractivity contribution is 9.10. The van der Waals surface area contributed by atoms with Gasteiger partial charge in [0.15, 0.2) is 0 Å². The molecule has 4 nitrogen and oxygen atoms in total. The summed E-state index contributed by atoms with van der Waals surface area (Å²) in [7, 11) is -3.63. The molecule has 21 heavy (non-hydrogen) atoms. The van der Waals surface area contributed by atoms with Gasteiger partial charge in [-0.25, -0.2) is 17.5 Å². The number of aromatic nitrogens is 1. The Morgan fingerprint density at radius 3 is 2.57 bits per heavy atom. The molecule has 0 bridgehead atoms. The number of nitrogens with one attached hydrogen (secondary N) is 1. The Hall–Kier alpha value is -1.31. The fourth-order valence-corrected chi connectivity index (χ4v) is 3.64. The van der Waals surface area contributed by atoms with E-state index < -0.39 is 10.0 Å². The number of halogens is 2. The van der Waals surface area contributed by atoms with Gasteiger partial charge in [-0.2, -0.15) is 0 Å². The second-order valence-corrected chi connectivity index (χ2v) is 7.32. The van der Waals surface area contributed by atoms with Crippen molar-refractivity contribution in [1.82, 2.24) is 9.71 Å². The Balaban J connectivity index is 2.07. The molecule has 2 aromatic rings. The number of hydrogen-bond acceptors (Lipinski definition) is 3. The highest BCUT2D eigenvalue weighted by atomic mass is 79.9. The third-order valence-electron chi connectivity index (χ3n) is 2.80. The molecule has 2 rings (SSSR count). The van der Waals surface area contributed by atoms with Gasteiger partial charge in [0.25, 0.3) is 0 Å². The lowest BCUT2D eigenvalue weighted by Crippen LogP contribution is -2.34. The van der Waals surface area contributed by atoms with Gasteiger partial charge in [0.1, 0.15) is 10.7 Å². The second kappa shape index (κ2) is 6.64. The molecule has 1 N–H and O–H groups in total. The quantitative estimate of drug-likeness (QED) is 0.877. The first-order valence-corrected chi connectivity index (χ1v) is 8.52. The summed E-state index contributed by atoms with van der Waals surface area (Å²) in [5.74, 6) is -0.313. The summed E-state index contributed by atoms with van der Waals surface area (Å²) in [6, 6.07) is 7.16. The highest BCUT2D eigenvalue weighted by Gasteiger charge is 2.18. The molecule has 112 valence electrons. The molecule has 7 heteroatoms. The van der Waals surface area contributed by atoms with Gasteiger partial charge in [-0.15, -0.1) is 0 Å². The van der Waals surface area contributed by atoms with E-state index in [0.29, 0.717) is 10.9 Å². The van der Waals surface area contributed by atoms with E-state index in [0.717, 1.165) is 5.56 Å². The normalized spacial score (nSPS) is 13.1. The van der Waals surface area contributed by atoms with Crippen molar-refractivity contribution < 1.29 is 12.8 Å². The number of hydrogen-bond donors (Lipinski definition) is 1. The van der Waals surface area contributed by atoms with E-state index in [1.165, 1.54) is 30.6 Å². The average molecular weight is 373 g/mol. The van der Waals surface area contributed by atoms with Crippen molar-refractivity contribution >= 4 is 26.0 Å². The lowest BCUT2D eigenvalue weighted by Gasteiger charge is -2.14. The number of nitrogens with zero attached hydrogens (tertiary/aromatic N) is 1. The van der Waals surface area contributed by atoms with Crippen LogP contribution in [0.25, 0.3) is 0 Å². The minimum absolute atomic E-state index is 0.0998. The van der Waals surface area contributed by atoms with Gasteiger partial charge >= 0.3 is 0 Å². The summed E-state index contributed by atoms with van der Waals surface area (Å²) in [5, 5.41) is 0. The van der Waals surface area contributed by atoms with Crippen molar-refractivity contribution in [3.05, 3.63) is 58.6 Å². The third kappa shape index (κ3) is 4.59. The Labute approximate surface area is 131 Å². The summed E-state index contributed by atoms with van der Waals surface area (Å²) in [6.07, 6.45) is 3.28. The van der Waals surface area contributed by atoms with Crippen LogP contribution in [0.2, 0.25) is 0 Å².